The van der Waals surface area contributed by atoms with Gasteiger partial charge in [0.15, 0.2) is 0 Å². The van der Waals surface area contributed by atoms with Gasteiger partial charge in [-0.15, -0.1) is 0 Å². The van der Waals surface area contributed by atoms with Gasteiger partial charge in [0.05, 0.1) is 10.5 Å². The molecule has 0 unspecified atom stereocenters. The molecule has 1 aromatic heterocycles. The molecule has 0 fully saturated rings. The summed E-state index contributed by atoms with van der Waals surface area (Å²) >= 11 is 10.1. The quantitative estimate of drug-likeness (QED) is 0.748. The van der Waals surface area contributed by atoms with E-state index in [1.54, 1.807) is 0 Å². The minimum absolute atomic E-state index is 0.0121. The van der Waals surface area contributed by atoms with E-state index in [2.05, 4.69) is 55.0 Å². The average molecular weight is 356 g/mol. The zero-order valence-corrected chi connectivity index (χ0v) is 14.9. The number of pyridine rings is 1. The first-order valence-corrected chi connectivity index (χ1v) is 7.96. The van der Waals surface area contributed by atoms with Crippen LogP contribution in [-0.4, -0.2) is 11.5 Å². The lowest BCUT2D eigenvalue weighted by atomic mass is 9.86. The molecule has 0 aliphatic heterocycles. The van der Waals surface area contributed by atoms with Crippen LogP contribution in [0.15, 0.2) is 16.6 Å². The largest absolute Gasteiger partial charge is 0.370 e. The fourth-order valence-corrected chi connectivity index (χ4v) is 3.12. The Bertz CT molecular complexity index is 660. The SMILES string of the molecule is CCNc1nc2c(Br)cc(C)c(Cl)c2cc1C(C)(C)C. The number of halogens is 2. The van der Waals surface area contributed by atoms with E-state index in [4.69, 9.17) is 16.6 Å². The van der Waals surface area contributed by atoms with Crippen LogP contribution >= 0.6 is 27.5 Å². The molecule has 1 heterocycles. The molecule has 0 saturated carbocycles. The Hall–Kier alpha value is -0.800. The molecule has 0 radical (unpaired) electrons. The molecule has 2 aromatic rings. The Labute approximate surface area is 134 Å². The van der Waals surface area contributed by atoms with Crippen LogP contribution in [-0.2, 0) is 5.41 Å². The lowest BCUT2D eigenvalue weighted by molar-refractivity contribution is 0.590. The summed E-state index contributed by atoms with van der Waals surface area (Å²) in [5.74, 6) is 0.938. The van der Waals surface area contributed by atoms with Crippen LogP contribution in [0.1, 0.15) is 38.8 Å². The van der Waals surface area contributed by atoms with Gasteiger partial charge < -0.3 is 5.32 Å². The zero-order valence-electron chi connectivity index (χ0n) is 12.6. The molecule has 4 heteroatoms. The van der Waals surface area contributed by atoms with Crippen molar-refractivity contribution in [1.29, 1.82) is 0 Å². The van der Waals surface area contributed by atoms with Crippen LogP contribution in [0.2, 0.25) is 5.02 Å². The molecule has 0 aliphatic rings. The van der Waals surface area contributed by atoms with Gasteiger partial charge in [-0.3, -0.25) is 0 Å². The van der Waals surface area contributed by atoms with Gasteiger partial charge in [-0.25, -0.2) is 4.98 Å². The average Bonchev–Trinajstić information content (AvgIpc) is 2.35. The number of nitrogens with one attached hydrogen (secondary N) is 1. The number of benzene rings is 1. The van der Waals surface area contributed by atoms with Gasteiger partial charge in [0, 0.05) is 22.0 Å². The first-order valence-electron chi connectivity index (χ1n) is 6.79. The molecule has 0 spiro atoms. The zero-order chi connectivity index (χ0) is 15.1. The second kappa shape index (κ2) is 5.53. The molecule has 0 aliphatic carbocycles. The smallest absolute Gasteiger partial charge is 0.130 e. The number of fused-ring (bicyclic) bond motifs is 1. The number of rotatable bonds is 2. The predicted molar refractivity (Wildman–Crippen MR) is 92.1 cm³/mol. The monoisotopic (exact) mass is 354 g/mol. The minimum Gasteiger partial charge on any atom is -0.370 e. The number of aromatic nitrogens is 1. The highest BCUT2D eigenvalue weighted by atomic mass is 79.9. The van der Waals surface area contributed by atoms with Crippen LogP contribution in [0.3, 0.4) is 0 Å². The third-order valence-corrected chi connectivity index (χ3v) is 4.43. The van der Waals surface area contributed by atoms with Gasteiger partial charge in [-0.05, 0) is 52.9 Å². The van der Waals surface area contributed by atoms with E-state index in [-0.39, 0.29) is 5.41 Å². The van der Waals surface area contributed by atoms with Crippen LogP contribution in [0.5, 0.6) is 0 Å². The lowest BCUT2D eigenvalue weighted by Crippen LogP contribution is -2.16. The van der Waals surface area contributed by atoms with Crippen molar-refractivity contribution in [3.05, 3.63) is 32.8 Å². The number of hydrogen-bond acceptors (Lipinski definition) is 2. The van der Waals surface area contributed by atoms with E-state index in [1.807, 2.05) is 13.0 Å². The Kier molecular flexibility index (Phi) is 4.31. The van der Waals surface area contributed by atoms with E-state index in [0.717, 1.165) is 38.3 Å². The maximum absolute atomic E-state index is 6.47. The van der Waals surface area contributed by atoms with Crippen molar-refractivity contribution < 1.29 is 0 Å². The number of hydrogen-bond donors (Lipinski definition) is 1. The lowest BCUT2D eigenvalue weighted by Gasteiger charge is -2.24. The van der Waals surface area contributed by atoms with Crippen molar-refractivity contribution in [2.75, 3.05) is 11.9 Å². The van der Waals surface area contributed by atoms with Crippen molar-refractivity contribution in [3.8, 4) is 0 Å². The topological polar surface area (TPSA) is 24.9 Å². The third kappa shape index (κ3) is 2.79. The number of aryl methyl sites for hydroxylation is 1. The van der Waals surface area contributed by atoms with Gasteiger partial charge >= 0.3 is 0 Å². The number of nitrogens with zero attached hydrogens (tertiary/aromatic N) is 1. The summed E-state index contributed by atoms with van der Waals surface area (Å²) in [5, 5.41) is 5.15. The molecule has 20 heavy (non-hydrogen) atoms. The maximum atomic E-state index is 6.47. The van der Waals surface area contributed by atoms with E-state index < -0.39 is 0 Å². The second-order valence-electron chi connectivity index (χ2n) is 6.05. The molecule has 1 aromatic carbocycles. The molecule has 0 bridgehead atoms. The van der Waals surface area contributed by atoms with E-state index in [9.17, 15) is 0 Å². The maximum Gasteiger partial charge on any atom is 0.130 e. The standard InChI is InChI=1S/C16H20BrClN2/c1-6-19-15-11(16(3,4)5)8-10-13(18)9(2)7-12(17)14(10)20-15/h7-8H,6H2,1-5H3,(H,19,20). The molecule has 0 atom stereocenters. The Morgan fingerprint density at radius 2 is 1.95 bits per heavy atom. The Balaban J connectivity index is 2.85. The first-order chi connectivity index (χ1) is 9.25. The Morgan fingerprint density at radius 3 is 2.50 bits per heavy atom. The van der Waals surface area contributed by atoms with Crippen molar-refractivity contribution in [2.24, 2.45) is 0 Å². The third-order valence-electron chi connectivity index (χ3n) is 3.33. The van der Waals surface area contributed by atoms with Gasteiger partial charge in [0.1, 0.15) is 5.82 Å². The Morgan fingerprint density at radius 1 is 1.30 bits per heavy atom. The molecule has 1 N–H and O–H groups in total. The van der Waals surface area contributed by atoms with Crippen LogP contribution in [0, 0.1) is 6.92 Å². The molecule has 0 amide bonds. The summed E-state index contributed by atoms with van der Waals surface area (Å²) in [6.07, 6.45) is 0. The highest BCUT2D eigenvalue weighted by molar-refractivity contribution is 9.10. The number of anilines is 1. The van der Waals surface area contributed by atoms with Gasteiger partial charge in [0.25, 0.3) is 0 Å². The van der Waals surface area contributed by atoms with Gasteiger partial charge in [-0.2, -0.15) is 0 Å². The normalized spacial score (nSPS) is 11.9. The van der Waals surface area contributed by atoms with Gasteiger partial charge in [-0.1, -0.05) is 32.4 Å². The van der Waals surface area contributed by atoms with Crippen molar-refractivity contribution in [2.45, 2.75) is 40.0 Å². The molecular weight excluding hydrogens is 336 g/mol. The van der Waals surface area contributed by atoms with Crippen molar-refractivity contribution >= 4 is 44.3 Å². The van der Waals surface area contributed by atoms with E-state index in [0.29, 0.717) is 0 Å². The summed E-state index contributed by atoms with van der Waals surface area (Å²) in [6, 6.07) is 4.19. The highest BCUT2D eigenvalue weighted by Crippen LogP contribution is 2.37. The van der Waals surface area contributed by atoms with Crippen LogP contribution < -0.4 is 5.32 Å². The summed E-state index contributed by atoms with van der Waals surface area (Å²) in [4.78, 5) is 4.79. The summed E-state index contributed by atoms with van der Waals surface area (Å²) in [5.41, 5.74) is 3.16. The molecule has 0 saturated heterocycles. The summed E-state index contributed by atoms with van der Waals surface area (Å²) in [7, 11) is 0. The fraction of sp³-hybridized carbons (Fsp3) is 0.438. The van der Waals surface area contributed by atoms with Gasteiger partial charge in [0.2, 0.25) is 0 Å². The molecule has 108 valence electrons. The second-order valence-corrected chi connectivity index (χ2v) is 7.28. The van der Waals surface area contributed by atoms with Crippen molar-refractivity contribution in [3.63, 3.8) is 0 Å². The first kappa shape index (κ1) is 15.6. The fourth-order valence-electron chi connectivity index (χ4n) is 2.27. The minimum atomic E-state index is 0.0121. The predicted octanol–water partition coefficient (Wildman–Crippen LogP) is 5.69. The van der Waals surface area contributed by atoms with E-state index in [1.165, 1.54) is 5.56 Å². The van der Waals surface area contributed by atoms with Crippen LogP contribution in [0.4, 0.5) is 5.82 Å². The summed E-state index contributed by atoms with van der Waals surface area (Å²) < 4.78 is 0.981. The molecule has 2 rings (SSSR count). The van der Waals surface area contributed by atoms with E-state index >= 15 is 0 Å². The molecule has 2 nitrogen and oxygen atoms in total. The summed E-state index contributed by atoms with van der Waals surface area (Å²) in [6.45, 7) is 11.5. The molecular formula is C16H20BrClN2. The highest BCUT2D eigenvalue weighted by Gasteiger charge is 2.21. The van der Waals surface area contributed by atoms with Crippen LogP contribution in [0.25, 0.3) is 10.9 Å². The van der Waals surface area contributed by atoms with Crippen molar-refractivity contribution in [1.82, 2.24) is 4.98 Å².